The molecule has 55 heavy (non-hydrogen) atoms. The van der Waals surface area contributed by atoms with Gasteiger partial charge in [0.15, 0.2) is 5.82 Å². The van der Waals surface area contributed by atoms with Gasteiger partial charge in [-0.25, -0.2) is 9.97 Å². The smallest absolute Gasteiger partial charge is 0.160 e. The molecule has 0 fully saturated rings. The van der Waals surface area contributed by atoms with Crippen molar-refractivity contribution >= 4 is 32.4 Å². The van der Waals surface area contributed by atoms with E-state index in [4.69, 9.17) is 9.97 Å². The van der Waals surface area contributed by atoms with E-state index in [1.807, 2.05) is 12.1 Å². The van der Waals surface area contributed by atoms with Crippen molar-refractivity contribution in [1.82, 2.24) is 9.97 Å². The zero-order valence-electron chi connectivity index (χ0n) is 29.9. The van der Waals surface area contributed by atoms with Crippen LogP contribution in [0.4, 0.5) is 0 Å². The Labute approximate surface area is 319 Å². The van der Waals surface area contributed by atoms with Crippen molar-refractivity contribution in [3.63, 3.8) is 0 Å². The fourth-order valence-electron chi connectivity index (χ4n) is 9.69. The first-order valence-corrected chi connectivity index (χ1v) is 19.0. The van der Waals surface area contributed by atoms with Crippen molar-refractivity contribution in [2.45, 2.75) is 5.41 Å². The van der Waals surface area contributed by atoms with Gasteiger partial charge < -0.3 is 0 Å². The summed E-state index contributed by atoms with van der Waals surface area (Å²) in [7, 11) is 0. The van der Waals surface area contributed by atoms with Gasteiger partial charge in [0.05, 0.1) is 16.6 Å². The maximum atomic E-state index is 5.17. The van der Waals surface area contributed by atoms with Gasteiger partial charge in [-0.05, 0) is 108 Å². The Bertz CT molecular complexity index is 3170. The molecule has 10 aromatic rings. The predicted octanol–water partition coefficient (Wildman–Crippen LogP) is 13.3. The van der Waals surface area contributed by atoms with E-state index in [2.05, 4.69) is 182 Å². The molecule has 1 spiro atoms. The van der Waals surface area contributed by atoms with E-state index in [9.17, 15) is 0 Å². The topological polar surface area (TPSA) is 25.8 Å². The number of fused-ring (bicyclic) bond motifs is 14. The standard InChI is InChI=1S/C53H32N2/c1-2-14-34(15-3-1)51-43-21-8-11-24-49(43)54-52(55-51)38-17-12-16-35(29-38)36-25-26-37-31-44-48(32-39(37)30-36)53(47-28-27-33-13-4-5-18-40(33)50(44)47)45-22-9-6-19-41(45)42-20-7-10-23-46(42)53/h1-32H. The summed E-state index contributed by atoms with van der Waals surface area (Å²) in [5.74, 6) is 0.725. The van der Waals surface area contributed by atoms with Crippen molar-refractivity contribution in [1.29, 1.82) is 0 Å². The summed E-state index contributed by atoms with van der Waals surface area (Å²) < 4.78 is 0. The summed E-state index contributed by atoms with van der Waals surface area (Å²) in [6, 6.07) is 70.9. The van der Waals surface area contributed by atoms with Gasteiger partial charge in [0, 0.05) is 16.5 Å². The molecule has 2 aliphatic rings. The van der Waals surface area contributed by atoms with E-state index < -0.39 is 5.41 Å². The lowest BCUT2D eigenvalue weighted by molar-refractivity contribution is 0.795. The molecule has 0 saturated heterocycles. The van der Waals surface area contributed by atoms with E-state index in [1.54, 1.807) is 0 Å². The average Bonchev–Trinajstić information content (AvgIpc) is 3.72. The Kier molecular flexibility index (Phi) is 6.29. The summed E-state index contributed by atoms with van der Waals surface area (Å²) in [6.07, 6.45) is 0. The Balaban J connectivity index is 1.06. The molecule has 9 aromatic carbocycles. The van der Waals surface area contributed by atoms with Gasteiger partial charge in [0.2, 0.25) is 0 Å². The maximum Gasteiger partial charge on any atom is 0.160 e. The minimum absolute atomic E-state index is 0.407. The highest BCUT2D eigenvalue weighted by Crippen LogP contribution is 2.64. The van der Waals surface area contributed by atoms with Gasteiger partial charge in [-0.15, -0.1) is 0 Å². The second-order valence-electron chi connectivity index (χ2n) is 14.9. The molecule has 2 aliphatic carbocycles. The van der Waals surface area contributed by atoms with Gasteiger partial charge in [-0.2, -0.15) is 0 Å². The Morgan fingerprint density at radius 1 is 0.327 bits per heavy atom. The van der Waals surface area contributed by atoms with E-state index >= 15 is 0 Å². The van der Waals surface area contributed by atoms with E-state index in [-0.39, 0.29) is 0 Å². The van der Waals surface area contributed by atoms with Crippen LogP contribution in [0.1, 0.15) is 22.3 Å². The molecule has 0 saturated carbocycles. The first-order valence-electron chi connectivity index (χ1n) is 19.0. The van der Waals surface area contributed by atoms with E-state index in [1.165, 1.54) is 71.6 Å². The fraction of sp³-hybridized carbons (Fsp3) is 0.0189. The largest absolute Gasteiger partial charge is 0.228 e. The highest BCUT2D eigenvalue weighted by atomic mass is 14.9. The lowest BCUT2D eigenvalue weighted by Gasteiger charge is -2.30. The van der Waals surface area contributed by atoms with Crippen LogP contribution >= 0.6 is 0 Å². The van der Waals surface area contributed by atoms with Crippen LogP contribution in [-0.4, -0.2) is 9.97 Å². The highest BCUT2D eigenvalue weighted by Gasteiger charge is 2.52. The number of benzene rings is 9. The summed E-state index contributed by atoms with van der Waals surface area (Å²) in [4.78, 5) is 10.2. The third-order valence-corrected chi connectivity index (χ3v) is 12.0. The zero-order chi connectivity index (χ0) is 36.1. The van der Waals surface area contributed by atoms with Crippen molar-refractivity contribution in [3.8, 4) is 56.0 Å². The van der Waals surface area contributed by atoms with Gasteiger partial charge >= 0.3 is 0 Å². The van der Waals surface area contributed by atoms with Gasteiger partial charge in [-0.3, -0.25) is 0 Å². The lowest BCUT2D eigenvalue weighted by atomic mass is 9.70. The summed E-state index contributed by atoms with van der Waals surface area (Å²) in [5, 5.41) is 6.09. The molecule has 1 aromatic heterocycles. The maximum absolute atomic E-state index is 5.17. The van der Waals surface area contributed by atoms with Crippen LogP contribution in [0.3, 0.4) is 0 Å². The van der Waals surface area contributed by atoms with Crippen molar-refractivity contribution in [3.05, 3.63) is 216 Å². The molecule has 2 nitrogen and oxygen atoms in total. The summed E-state index contributed by atoms with van der Waals surface area (Å²) in [5.41, 5.74) is 16.6. The molecule has 0 bridgehead atoms. The first kappa shape index (κ1) is 30.3. The molecule has 254 valence electrons. The molecule has 0 N–H and O–H groups in total. The van der Waals surface area contributed by atoms with Crippen molar-refractivity contribution < 1.29 is 0 Å². The lowest BCUT2D eigenvalue weighted by Crippen LogP contribution is -2.25. The number of para-hydroxylation sites is 1. The van der Waals surface area contributed by atoms with Crippen LogP contribution in [0.15, 0.2) is 194 Å². The molecular formula is C53H32N2. The van der Waals surface area contributed by atoms with E-state index in [0.29, 0.717) is 0 Å². The molecule has 12 rings (SSSR count). The van der Waals surface area contributed by atoms with Crippen molar-refractivity contribution in [2.75, 3.05) is 0 Å². The minimum atomic E-state index is -0.407. The van der Waals surface area contributed by atoms with Crippen LogP contribution in [0.2, 0.25) is 0 Å². The second-order valence-corrected chi connectivity index (χ2v) is 14.9. The van der Waals surface area contributed by atoms with Crippen LogP contribution < -0.4 is 0 Å². The van der Waals surface area contributed by atoms with Gasteiger partial charge in [0.25, 0.3) is 0 Å². The third kappa shape index (κ3) is 4.25. The summed E-state index contributed by atoms with van der Waals surface area (Å²) >= 11 is 0. The molecule has 2 heteroatoms. The Morgan fingerprint density at radius 3 is 1.82 bits per heavy atom. The normalized spacial score (nSPS) is 13.2. The zero-order valence-corrected chi connectivity index (χ0v) is 29.9. The molecule has 0 aliphatic heterocycles. The van der Waals surface area contributed by atoms with Crippen LogP contribution in [0.5, 0.6) is 0 Å². The van der Waals surface area contributed by atoms with Crippen molar-refractivity contribution in [2.24, 2.45) is 0 Å². The quantitative estimate of drug-likeness (QED) is 0.184. The molecule has 0 atom stereocenters. The fourth-order valence-corrected chi connectivity index (χ4v) is 9.69. The summed E-state index contributed by atoms with van der Waals surface area (Å²) in [6.45, 7) is 0. The second kappa shape index (κ2) is 11.4. The minimum Gasteiger partial charge on any atom is -0.228 e. The molecule has 0 radical (unpaired) electrons. The van der Waals surface area contributed by atoms with Gasteiger partial charge in [-0.1, -0.05) is 164 Å². The Hall–Kier alpha value is -7.16. The van der Waals surface area contributed by atoms with E-state index in [0.717, 1.165) is 39.1 Å². The SMILES string of the molecule is c1ccc(-c2nc(-c3cccc(-c4ccc5cc6c(cc5c4)C4(c5ccccc5-c5ccccc54)c4ccc5ccccc5c4-6)c3)nc3ccccc23)cc1. The molecular weight excluding hydrogens is 665 g/mol. The predicted molar refractivity (Wildman–Crippen MR) is 227 cm³/mol. The number of rotatable bonds is 3. The average molecular weight is 697 g/mol. The molecule has 0 unspecified atom stereocenters. The number of nitrogens with zero attached hydrogens (tertiary/aromatic N) is 2. The monoisotopic (exact) mass is 696 g/mol. The third-order valence-electron chi connectivity index (χ3n) is 12.0. The molecule has 1 heterocycles. The molecule has 0 amide bonds. The number of hydrogen-bond acceptors (Lipinski definition) is 2. The number of hydrogen-bond donors (Lipinski definition) is 0. The van der Waals surface area contributed by atoms with Gasteiger partial charge in [0.1, 0.15) is 0 Å². The Morgan fingerprint density at radius 2 is 0.982 bits per heavy atom. The first-order chi connectivity index (χ1) is 27.3. The van der Waals surface area contributed by atoms with Crippen LogP contribution in [0, 0.1) is 0 Å². The van der Waals surface area contributed by atoms with Crippen LogP contribution in [-0.2, 0) is 5.41 Å². The number of aromatic nitrogens is 2. The van der Waals surface area contributed by atoms with Crippen LogP contribution in [0.25, 0.3) is 88.5 Å². The highest BCUT2D eigenvalue weighted by molar-refractivity contribution is 6.09.